The molecular weight excluding hydrogens is 297 g/mol. The molecule has 2 aromatic rings. The zero-order chi connectivity index (χ0) is 13.1. The Morgan fingerprint density at radius 3 is 2.67 bits per heavy atom. The van der Waals surface area contributed by atoms with E-state index >= 15 is 0 Å². The fourth-order valence-corrected chi connectivity index (χ4v) is 2.16. The summed E-state index contributed by atoms with van der Waals surface area (Å²) >= 11 is 3.43. The van der Waals surface area contributed by atoms with E-state index in [1.54, 1.807) is 0 Å². The molecule has 0 amide bonds. The predicted octanol–water partition coefficient (Wildman–Crippen LogP) is 4.47. The van der Waals surface area contributed by atoms with Crippen molar-refractivity contribution in [2.75, 3.05) is 5.32 Å². The topological polar surface area (TPSA) is 32.3 Å². The number of rotatable bonds is 3. The summed E-state index contributed by atoms with van der Waals surface area (Å²) in [5, 5.41) is 13.0. The van der Waals surface area contributed by atoms with Gasteiger partial charge in [-0.2, -0.15) is 0 Å². The van der Waals surface area contributed by atoms with Crippen molar-refractivity contribution in [2.45, 2.75) is 13.0 Å². The lowest BCUT2D eigenvalue weighted by molar-refractivity contribution is 0.462. The van der Waals surface area contributed by atoms with Crippen molar-refractivity contribution in [1.82, 2.24) is 0 Å². The number of anilines is 1. The van der Waals surface area contributed by atoms with E-state index in [4.69, 9.17) is 0 Å². The molecule has 0 radical (unpaired) electrons. The van der Waals surface area contributed by atoms with Crippen LogP contribution in [0.3, 0.4) is 0 Å². The van der Waals surface area contributed by atoms with Crippen LogP contribution >= 0.6 is 15.9 Å². The number of halogens is 2. The minimum absolute atomic E-state index is 0.0865. The monoisotopic (exact) mass is 309 g/mol. The van der Waals surface area contributed by atoms with Crippen LogP contribution in [0.1, 0.15) is 18.5 Å². The molecule has 18 heavy (non-hydrogen) atoms. The number of hydrogen-bond acceptors (Lipinski definition) is 2. The third-order valence-corrected chi connectivity index (χ3v) is 3.39. The van der Waals surface area contributed by atoms with Gasteiger partial charge in [0.1, 0.15) is 11.6 Å². The first-order chi connectivity index (χ1) is 8.58. The average molecular weight is 310 g/mol. The maximum Gasteiger partial charge on any atom is 0.123 e. The molecule has 1 unspecified atom stereocenters. The second-order valence-corrected chi connectivity index (χ2v) is 4.90. The molecule has 2 N–H and O–H groups in total. The Morgan fingerprint density at radius 1 is 1.22 bits per heavy atom. The molecule has 94 valence electrons. The number of phenolic OH excluding ortho intramolecular Hbond substituents is 1. The highest BCUT2D eigenvalue weighted by Gasteiger charge is 2.12. The lowest BCUT2D eigenvalue weighted by Crippen LogP contribution is -2.07. The zero-order valence-corrected chi connectivity index (χ0v) is 11.4. The van der Waals surface area contributed by atoms with E-state index in [2.05, 4.69) is 21.2 Å². The average Bonchev–Trinajstić information content (AvgIpc) is 2.35. The molecule has 2 rings (SSSR count). The Labute approximate surface area is 114 Å². The van der Waals surface area contributed by atoms with Crippen LogP contribution < -0.4 is 5.32 Å². The third kappa shape index (κ3) is 2.82. The van der Waals surface area contributed by atoms with Gasteiger partial charge in [-0.25, -0.2) is 4.39 Å². The second kappa shape index (κ2) is 5.40. The highest BCUT2D eigenvalue weighted by atomic mass is 79.9. The molecule has 0 aliphatic rings. The SMILES string of the molecule is CC(Nc1ccccc1Br)c1cc(F)ccc1O. The summed E-state index contributed by atoms with van der Waals surface area (Å²) in [7, 11) is 0. The minimum Gasteiger partial charge on any atom is -0.508 e. The van der Waals surface area contributed by atoms with Crippen molar-refractivity contribution >= 4 is 21.6 Å². The van der Waals surface area contributed by atoms with Gasteiger partial charge >= 0.3 is 0 Å². The first kappa shape index (κ1) is 12.9. The molecule has 2 nitrogen and oxygen atoms in total. The molecule has 0 fully saturated rings. The second-order valence-electron chi connectivity index (χ2n) is 4.05. The number of hydrogen-bond donors (Lipinski definition) is 2. The van der Waals surface area contributed by atoms with Gasteiger partial charge in [0.05, 0.1) is 6.04 Å². The molecule has 0 aromatic heterocycles. The first-order valence-electron chi connectivity index (χ1n) is 5.57. The molecule has 0 aliphatic heterocycles. The van der Waals surface area contributed by atoms with Gasteiger partial charge in [0.2, 0.25) is 0 Å². The number of benzene rings is 2. The van der Waals surface area contributed by atoms with E-state index < -0.39 is 0 Å². The van der Waals surface area contributed by atoms with E-state index in [1.165, 1.54) is 18.2 Å². The Balaban J connectivity index is 2.25. The number of para-hydroxylation sites is 1. The fourth-order valence-electron chi connectivity index (χ4n) is 1.76. The number of phenols is 1. The van der Waals surface area contributed by atoms with E-state index in [0.29, 0.717) is 5.56 Å². The van der Waals surface area contributed by atoms with Crippen molar-refractivity contribution < 1.29 is 9.50 Å². The Bertz CT molecular complexity index is 559. The van der Waals surface area contributed by atoms with Crippen molar-refractivity contribution in [3.63, 3.8) is 0 Å². The van der Waals surface area contributed by atoms with Crippen LogP contribution in [0.2, 0.25) is 0 Å². The molecule has 1 atom stereocenters. The van der Waals surface area contributed by atoms with Gasteiger partial charge < -0.3 is 10.4 Å². The highest BCUT2D eigenvalue weighted by Crippen LogP contribution is 2.30. The van der Waals surface area contributed by atoms with E-state index in [1.807, 2.05) is 31.2 Å². The van der Waals surface area contributed by atoms with Crippen molar-refractivity contribution in [3.8, 4) is 5.75 Å². The quantitative estimate of drug-likeness (QED) is 0.877. The highest BCUT2D eigenvalue weighted by molar-refractivity contribution is 9.10. The molecule has 0 saturated carbocycles. The van der Waals surface area contributed by atoms with Gasteiger partial charge in [-0.15, -0.1) is 0 Å². The zero-order valence-electron chi connectivity index (χ0n) is 9.82. The molecular formula is C14H13BrFNO. The van der Waals surface area contributed by atoms with E-state index in [9.17, 15) is 9.50 Å². The van der Waals surface area contributed by atoms with Crippen LogP contribution in [-0.2, 0) is 0 Å². The normalized spacial score (nSPS) is 12.2. The summed E-state index contributed by atoms with van der Waals surface area (Å²) in [5.74, 6) is -0.271. The lowest BCUT2D eigenvalue weighted by Gasteiger charge is -2.18. The van der Waals surface area contributed by atoms with Gasteiger partial charge in [0.25, 0.3) is 0 Å². The first-order valence-corrected chi connectivity index (χ1v) is 6.36. The molecule has 4 heteroatoms. The minimum atomic E-state index is -0.358. The fraction of sp³-hybridized carbons (Fsp3) is 0.143. The van der Waals surface area contributed by atoms with Crippen LogP contribution in [0.5, 0.6) is 5.75 Å². The Kier molecular flexibility index (Phi) is 3.87. The molecule has 0 saturated heterocycles. The van der Waals surface area contributed by atoms with E-state index in [0.717, 1.165) is 10.2 Å². The summed E-state index contributed by atoms with van der Waals surface area (Å²) in [5.41, 5.74) is 1.43. The summed E-state index contributed by atoms with van der Waals surface area (Å²) in [6.45, 7) is 1.87. The maximum absolute atomic E-state index is 13.2. The molecule has 0 heterocycles. The third-order valence-electron chi connectivity index (χ3n) is 2.70. The van der Waals surface area contributed by atoms with Crippen LogP contribution in [0, 0.1) is 5.82 Å². The van der Waals surface area contributed by atoms with Crippen LogP contribution in [0.25, 0.3) is 0 Å². The standard InChI is InChI=1S/C14H13BrFNO/c1-9(11-8-10(16)6-7-14(11)18)17-13-5-3-2-4-12(13)15/h2-9,17-18H,1H3. The molecule has 2 aromatic carbocycles. The molecule has 0 aliphatic carbocycles. The van der Waals surface area contributed by atoms with Gasteiger partial charge in [-0.05, 0) is 53.2 Å². The van der Waals surface area contributed by atoms with E-state index in [-0.39, 0.29) is 17.6 Å². The van der Waals surface area contributed by atoms with Gasteiger partial charge in [-0.1, -0.05) is 12.1 Å². The summed E-state index contributed by atoms with van der Waals surface area (Å²) in [6, 6.07) is 11.4. The predicted molar refractivity (Wildman–Crippen MR) is 74.2 cm³/mol. The van der Waals surface area contributed by atoms with Crippen LogP contribution in [-0.4, -0.2) is 5.11 Å². The van der Waals surface area contributed by atoms with Gasteiger partial charge in [-0.3, -0.25) is 0 Å². The summed E-state index contributed by atoms with van der Waals surface area (Å²) in [4.78, 5) is 0. The largest absolute Gasteiger partial charge is 0.508 e. The Morgan fingerprint density at radius 2 is 1.94 bits per heavy atom. The molecule has 0 spiro atoms. The Hall–Kier alpha value is -1.55. The summed E-state index contributed by atoms with van der Waals surface area (Å²) < 4.78 is 14.1. The van der Waals surface area contributed by atoms with Crippen LogP contribution in [0.15, 0.2) is 46.9 Å². The van der Waals surface area contributed by atoms with Gasteiger partial charge in [0, 0.05) is 15.7 Å². The maximum atomic E-state index is 13.2. The van der Waals surface area contributed by atoms with Gasteiger partial charge in [0.15, 0.2) is 0 Å². The lowest BCUT2D eigenvalue weighted by atomic mass is 10.1. The number of aromatic hydroxyl groups is 1. The van der Waals surface area contributed by atoms with Crippen LogP contribution in [0.4, 0.5) is 10.1 Å². The van der Waals surface area contributed by atoms with Crippen molar-refractivity contribution in [3.05, 3.63) is 58.3 Å². The number of nitrogens with one attached hydrogen (secondary N) is 1. The molecule has 0 bridgehead atoms. The smallest absolute Gasteiger partial charge is 0.123 e. The van der Waals surface area contributed by atoms with Crippen molar-refractivity contribution in [2.24, 2.45) is 0 Å². The van der Waals surface area contributed by atoms with Crippen molar-refractivity contribution in [1.29, 1.82) is 0 Å². The summed E-state index contributed by atoms with van der Waals surface area (Å²) in [6.07, 6.45) is 0.